The number of nitrogens with zero attached hydrogens (tertiary/aromatic N) is 2. The van der Waals surface area contributed by atoms with Crippen molar-refractivity contribution in [3.8, 4) is 5.75 Å². The van der Waals surface area contributed by atoms with Crippen LogP contribution in [-0.2, 0) is 0 Å². The van der Waals surface area contributed by atoms with E-state index in [2.05, 4.69) is 20.3 Å². The van der Waals surface area contributed by atoms with Gasteiger partial charge in [0.15, 0.2) is 0 Å². The molecule has 0 amide bonds. The van der Waals surface area contributed by atoms with E-state index in [1.54, 1.807) is 18.6 Å². The highest BCUT2D eigenvalue weighted by Gasteiger charge is 2.24. The fourth-order valence-corrected chi connectivity index (χ4v) is 2.91. The maximum atomic E-state index is 10.8. The molecule has 5 heteroatoms. The number of H-pyrrole nitrogens is 1. The fourth-order valence-electron chi connectivity index (χ4n) is 2.91. The zero-order valence-electron chi connectivity index (χ0n) is 13.4. The lowest BCUT2D eigenvalue weighted by Gasteiger charge is -2.17. The number of fused-ring (bicyclic) bond motifs is 1. The molecule has 0 radical (unpaired) electrons. The first kappa shape index (κ1) is 15.1. The third-order valence-corrected chi connectivity index (χ3v) is 4.14. The molecule has 0 saturated heterocycles. The number of rotatable bonds is 4. The molecule has 0 saturated carbocycles. The predicted octanol–water partition coefficient (Wildman–Crippen LogP) is 3.35. The molecule has 4 aromatic rings. The highest BCUT2D eigenvalue weighted by Crippen LogP contribution is 2.35. The van der Waals surface area contributed by atoms with Crippen molar-refractivity contribution in [2.24, 2.45) is 0 Å². The second-order valence-corrected chi connectivity index (χ2v) is 5.71. The Bertz CT molecular complexity index is 990. The lowest BCUT2D eigenvalue weighted by Crippen LogP contribution is -2.18. The molecule has 0 spiro atoms. The molecule has 1 aromatic carbocycles. The summed E-state index contributed by atoms with van der Waals surface area (Å²) in [5.41, 5.74) is 2.35. The van der Waals surface area contributed by atoms with Crippen molar-refractivity contribution >= 4 is 16.7 Å². The molecule has 1 unspecified atom stereocenters. The van der Waals surface area contributed by atoms with Crippen LogP contribution in [0.5, 0.6) is 5.75 Å². The third-order valence-electron chi connectivity index (χ3n) is 4.14. The number of anilines is 1. The van der Waals surface area contributed by atoms with Gasteiger partial charge < -0.3 is 5.11 Å². The van der Waals surface area contributed by atoms with Gasteiger partial charge in [-0.1, -0.05) is 18.2 Å². The van der Waals surface area contributed by atoms with Crippen molar-refractivity contribution in [2.75, 3.05) is 5.32 Å². The van der Waals surface area contributed by atoms with E-state index >= 15 is 0 Å². The number of hydrogen-bond donors (Lipinski definition) is 2. The Morgan fingerprint density at radius 3 is 2.60 bits per heavy atom. The lowest BCUT2D eigenvalue weighted by molar-refractivity contribution is -0.361. The second kappa shape index (κ2) is 6.57. The van der Waals surface area contributed by atoms with Gasteiger partial charge in [0.1, 0.15) is 17.3 Å². The number of pyridine rings is 3. The first-order valence-electron chi connectivity index (χ1n) is 8.03. The smallest absolute Gasteiger partial charge is 0.272 e. The van der Waals surface area contributed by atoms with Crippen LogP contribution < -0.4 is 10.3 Å². The van der Waals surface area contributed by atoms with Crippen LogP contribution in [0.15, 0.2) is 79.4 Å². The molecular formula is C20H17N4O+. The van der Waals surface area contributed by atoms with Gasteiger partial charge in [-0.15, -0.1) is 0 Å². The van der Waals surface area contributed by atoms with E-state index in [1.165, 1.54) is 0 Å². The molecule has 3 N–H and O–H groups in total. The first-order valence-corrected chi connectivity index (χ1v) is 8.03. The van der Waals surface area contributed by atoms with E-state index in [9.17, 15) is 5.11 Å². The number of aromatic nitrogens is 3. The Balaban J connectivity index is 1.85. The normalized spacial score (nSPS) is 12.0. The maximum absolute atomic E-state index is 10.8. The van der Waals surface area contributed by atoms with Gasteiger partial charge in [0.25, 0.3) is 5.82 Å². The average Bonchev–Trinajstić information content (AvgIpc) is 2.69. The maximum Gasteiger partial charge on any atom is 0.272 e. The molecule has 0 aliphatic rings. The first-order chi connectivity index (χ1) is 12.3. The zero-order valence-corrected chi connectivity index (χ0v) is 13.4. The number of nitrogens with one attached hydrogen (secondary N) is 2. The van der Waals surface area contributed by atoms with Crippen LogP contribution >= 0.6 is 0 Å². The summed E-state index contributed by atoms with van der Waals surface area (Å²) in [6, 6.07) is 17.1. The van der Waals surface area contributed by atoms with Crippen LogP contribution in [0.1, 0.15) is 17.2 Å². The molecule has 4 rings (SSSR count). The highest BCUT2D eigenvalue weighted by atomic mass is 16.3. The number of hydrogen-bond acceptors (Lipinski definition) is 4. The number of benzene rings is 1. The van der Waals surface area contributed by atoms with Crippen molar-refractivity contribution in [3.05, 3.63) is 90.5 Å². The summed E-state index contributed by atoms with van der Waals surface area (Å²) in [6.07, 6.45) is 7.03. The summed E-state index contributed by atoms with van der Waals surface area (Å²) in [7, 11) is 0. The molecule has 25 heavy (non-hydrogen) atoms. The van der Waals surface area contributed by atoms with Crippen LogP contribution in [0.3, 0.4) is 0 Å². The van der Waals surface area contributed by atoms with Crippen LogP contribution in [0.25, 0.3) is 10.9 Å². The fraction of sp³-hybridized carbons (Fsp3) is 0.0500. The number of phenols is 1. The van der Waals surface area contributed by atoms with Gasteiger partial charge in [0.2, 0.25) is 0 Å². The summed E-state index contributed by atoms with van der Waals surface area (Å²) < 4.78 is 0. The molecule has 122 valence electrons. The minimum atomic E-state index is -0.243. The molecule has 0 aliphatic heterocycles. The largest absolute Gasteiger partial charge is 0.505 e. The van der Waals surface area contributed by atoms with Gasteiger partial charge in [-0.2, -0.15) is 0 Å². The quantitative estimate of drug-likeness (QED) is 0.602. The summed E-state index contributed by atoms with van der Waals surface area (Å²) in [5.74, 6) is 1.04. The number of aromatic hydroxyl groups is 1. The van der Waals surface area contributed by atoms with E-state index in [0.29, 0.717) is 5.52 Å². The van der Waals surface area contributed by atoms with Crippen molar-refractivity contribution in [1.29, 1.82) is 0 Å². The van der Waals surface area contributed by atoms with Gasteiger partial charge in [0, 0.05) is 41.2 Å². The summed E-state index contributed by atoms with van der Waals surface area (Å²) >= 11 is 0. The Hall–Kier alpha value is -3.47. The van der Waals surface area contributed by atoms with Gasteiger partial charge in [0.05, 0.1) is 6.20 Å². The SMILES string of the molecule is Oc1c(C(Nc2cccc[nH+]2)c2ccncc2)ccc2cccnc12. The highest BCUT2D eigenvalue weighted by molar-refractivity contribution is 5.85. The lowest BCUT2D eigenvalue weighted by atomic mass is 9.97. The van der Waals surface area contributed by atoms with Gasteiger partial charge >= 0.3 is 0 Å². The van der Waals surface area contributed by atoms with Crippen LogP contribution in [0, 0.1) is 0 Å². The predicted molar refractivity (Wildman–Crippen MR) is 96.1 cm³/mol. The van der Waals surface area contributed by atoms with Gasteiger partial charge in [-0.05, 0) is 30.3 Å². The van der Waals surface area contributed by atoms with E-state index in [-0.39, 0.29) is 11.8 Å². The molecule has 3 aromatic heterocycles. The Morgan fingerprint density at radius 2 is 1.80 bits per heavy atom. The standard InChI is InChI=1S/C20H16N4O/c25-20-16(7-6-14-4-3-11-23-19(14)20)18(15-8-12-21-13-9-15)24-17-5-1-2-10-22-17/h1-13,18,25H,(H,22,24)/p+1. The van der Waals surface area contributed by atoms with Crippen molar-refractivity contribution in [3.63, 3.8) is 0 Å². The second-order valence-electron chi connectivity index (χ2n) is 5.71. The molecular weight excluding hydrogens is 312 g/mol. The van der Waals surface area contributed by atoms with Crippen LogP contribution in [0.2, 0.25) is 0 Å². The summed E-state index contributed by atoms with van der Waals surface area (Å²) in [4.78, 5) is 11.6. The summed E-state index contributed by atoms with van der Waals surface area (Å²) in [5, 5.41) is 15.2. The van der Waals surface area contributed by atoms with E-state index < -0.39 is 0 Å². The molecule has 0 bridgehead atoms. The van der Waals surface area contributed by atoms with Crippen molar-refractivity contribution in [2.45, 2.75) is 6.04 Å². The molecule has 5 nitrogen and oxygen atoms in total. The number of aromatic amines is 1. The molecule has 0 fully saturated rings. The Kier molecular flexibility index (Phi) is 3.96. The van der Waals surface area contributed by atoms with E-state index in [0.717, 1.165) is 22.3 Å². The van der Waals surface area contributed by atoms with Crippen molar-refractivity contribution in [1.82, 2.24) is 9.97 Å². The number of phenolic OH excluding ortho intramolecular Hbond substituents is 1. The Labute approximate surface area is 145 Å². The van der Waals surface area contributed by atoms with E-state index in [1.807, 2.05) is 60.8 Å². The Morgan fingerprint density at radius 1 is 0.920 bits per heavy atom. The monoisotopic (exact) mass is 329 g/mol. The topological polar surface area (TPSA) is 72.2 Å². The van der Waals surface area contributed by atoms with Crippen molar-refractivity contribution < 1.29 is 10.1 Å². The van der Waals surface area contributed by atoms with Crippen LogP contribution in [-0.4, -0.2) is 15.1 Å². The minimum Gasteiger partial charge on any atom is -0.505 e. The minimum absolute atomic E-state index is 0.184. The van der Waals surface area contributed by atoms with Crippen LogP contribution in [0.4, 0.5) is 5.82 Å². The third kappa shape index (κ3) is 2.99. The van der Waals surface area contributed by atoms with Gasteiger partial charge in [-0.25, -0.2) is 4.98 Å². The van der Waals surface area contributed by atoms with Gasteiger partial charge in [-0.3, -0.25) is 15.3 Å². The zero-order chi connectivity index (χ0) is 17.1. The molecule has 1 atom stereocenters. The molecule has 3 heterocycles. The average molecular weight is 329 g/mol. The molecule has 0 aliphatic carbocycles. The van der Waals surface area contributed by atoms with E-state index in [4.69, 9.17) is 0 Å². The summed E-state index contributed by atoms with van der Waals surface area (Å²) in [6.45, 7) is 0.